The Bertz CT molecular complexity index is 620. The molecule has 0 saturated carbocycles. The van der Waals surface area contributed by atoms with Crippen LogP contribution in [0.1, 0.15) is 24.4 Å². The molecule has 2 aromatic rings. The number of aromatic nitrogens is 2. The van der Waals surface area contributed by atoms with Gasteiger partial charge >= 0.3 is 0 Å². The summed E-state index contributed by atoms with van der Waals surface area (Å²) >= 11 is 6.19. The van der Waals surface area contributed by atoms with Crippen molar-refractivity contribution in [2.45, 2.75) is 25.8 Å². The van der Waals surface area contributed by atoms with Crippen molar-refractivity contribution in [3.63, 3.8) is 0 Å². The highest BCUT2D eigenvalue weighted by Gasteiger charge is 2.22. The summed E-state index contributed by atoms with van der Waals surface area (Å²) in [7, 11) is 0. The zero-order valence-corrected chi connectivity index (χ0v) is 12.0. The van der Waals surface area contributed by atoms with E-state index in [2.05, 4.69) is 4.98 Å². The summed E-state index contributed by atoms with van der Waals surface area (Å²) in [6, 6.07) is 3.69. The van der Waals surface area contributed by atoms with Crippen LogP contribution in [0.15, 0.2) is 24.5 Å². The van der Waals surface area contributed by atoms with Crippen molar-refractivity contribution in [2.24, 2.45) is 0 Å². The van der Waals surface area contributed by atoms with E-state index < -0.39 is 0 Å². The molecule has 0 N–H and O–H groups in total. The molecule has 106 valence electrons. The van der Waals surface area contributed by atoms with Crippen LogP contribution in [-0.2, 0) is 4.74 Å². The van der Waals surface area contributed by atoms with E-state index in [0.29, 0.717) is 22.0 Å². The van der Waals surface area contributed by atoms with E-state index >= 15 is 0 Å². The number of imidazole rings is 1. The highest BCUT2D eigenvalue weighted by atomic mass is 35.5. The minimum atomic E-state index is -0.294. The quantitative estimate of drug-likeness (QED) is 0.837. The van der Waals surface area contributed by atoms with Crippen molar-refractivity contribution < 1.29 is 9.13 Å². The molecule has 5 heteroatoms. The summed E-state index contributed by atoms with van der Waals surface area (Å²) in [5.74, 6) is 0.306. The number of rotatable bonds is 2. The van der Waals surface area contributed by atoms with Crippen LogP contribution in [0.2, 0.25) is 5.02 Å². The van der Waals surface area contributed by atoms with Crippen molar-refractivity contribution in [1.82, 2.24) is 9.55 Å². The van der Waals surface area contributed by atoms with Crippen LogP contribution in [-0.4, -0.2) is 22.8 Å². The van der Waals surface area contributed by atoms with Gasteiger partial charge < -0.3 is 9.30 Å². The first-order valence-electron chi connectivity index (χ1n) is 6.74. The maximum absolute atomic E-state index is 14.4. The molecule has 0 unspecified atom stereocenters. The number of ether oxygens (including phenoxy) is 1. The third-order valence-electron chi connectivity index (χ3n) is 3.76. The second kappa shape index (κ2) is 5.54. The third kappa shape index (κ3) is 2.34. The molecule has 0 spiro atoms. The molecule has 0 aliphatic carbocycles. The Labute approximate surface area is 122 Å². The maximum Gasteiger partial charge on any atom is 0.144 e. The molecule has 1 aromatic carbocycles. The Morgan fingerprint density at radius 3 is 2.85 bits per heavy atom. The van der Waals surface area contributed by atoms with Gasteiger partial charge in [0, 0.05) is 31.6 Å². The van der Waals surface area contributed by atoms with Gasteiger partial charge in [0.15, 0.2) is 0 Å². The fraction of sp³-hybridized carbons (Fsp3) is 0.400. The summed E-state index contributed by atoms with van der Waals surface area (Å²) in [6.07, 6.45) is 5.41. The Morgan fingerprint density at radius 1 is 1.35 bits per heavy atom. The second-order valence-electron chi connectivity index (χ2n) is 5.05. The normalized spacial score (nSPS) is 16.6. The summed E-state index contributed by atoms with van der Waals surface area (Å²) in [5, 5.41) is 0.396. The lowest BCUT2D eigenvalue weighted by molar-refractivity contribution is 0.0700. The molecule has 0 amide bonds. The van der Waals surface area contributed by atoms with Gasteiger partial charge in [-0.1, -0.05) is 17.7 Å². The van der Waals surface area contributed by atoms with Crippen molar-refractivity contribution in [1.29, 1.82) is 0 Å². The average Bonchev–Trinajstić information content (AvgIpc) is 2.94. The predicted molar refractivity (Wildman–Crippen MR) is 76.5 cm³/mol. The SMILES string of the molecule is Cc1ccc(Cl)c(-c2nccn2C2CCOCC2)c1F. The molecule has 1 fully saturated rings. The van der Waals surface area contributed by atoms with Crippen molar-refractivity contribution in [2.75, 3.05) is 13.2 Å². The summed E-state index contributed by atoms with van der Waals surface area (Å²) in [5.41, 5.74) is 0.967. The summed E-state index contributed by atoms with van der Waals surface area (Å²) in [4.78, 5) is 4.32. The van der Waals surface area contributed by atoms with Gasteiger partial charge in [-0.25, -0.2) is 9.37 Å². The van der Waals surface area contributed by atoms with Gasteiger partial charge in [0.05, 0.1) is 10.6 Å². The molecule has 1 saturated heterocycles. The highest BCUT2D eigenvalue weighted by Crippen LogP contribution is 2.34. The zero-order valence-electron chi connectivity index (χ0n) is 11.3. The highest BCUT2D eigenvalue weighted by molar-refractivity contribution is 6.33. The van der Waals surface area contributed by atoms with Crippen LogP contribution in [0.3, 0.4) is 0 Å². The fourth-order valence-corrected chi connectivity index (χ4v) is 2.86. The number of aryl methyl sites for hydroxylation is 1. The molecule has 1 aliphatic heterocycles. The van der Waals surface area contributed by atoms with Crippen LogP contribution < -0.4 is 0 Å². The monoisotopic (exact) mass is 294 g/mol. The lowest BCUT2D eigenvalue weighted by atomic mass is 10.1. The molecule has 1 aromatic heterocycles. The average molecular weight is 295 g/mol. The van der Waals surface area contributed by atoms with Gasteiger partial charge in [-0.3, -0.25) is 0 Å². The van der Waals surface area contributed by atoms with Crippen LogP contribution in [0.25, 0.3) is 11.4 Å². The predicted octanol–water partition coefficient (Wildman–Crippen LogP) is 4.00. The van der Waals surface area contributed by atoms with E-state index in [1.54, 1.807) is 25.3 Å². The number of hydrogen-bond donors (Lipinski definition) is 0. The van der Waals surface area contributed by atoms with Gasteiger partial charge in [-0.2, -0.15) is 0 Å². The standard InChI is InChI=1S/C15H16ClFN2O/c1-10-2-3-12(16)13(14(10)17)15-18-6-7-19(15)11-4-8-20-9-5-11/h2-3,6-7,11H,4-5,8-9H2,1H3. The van der Waals surface area contributed by atoms with E-state index in [0.717, 1.165) is 26.1 Å². The van der Waals surface area contributed by atoms with Crippen molar-refractivity contribution >= 4 is 11.6 Å². The molecular weight excluding hydrogens is 279 g/mol. The van der Waals surface area contributed by atoms with Gasteiger partial charge in [0.25, 0.3) is 0 Å². The zero-order chi connectivity index (χ0) is 14.1. The smallest absolute Gasteiger partial charge is 0.144 e. The largest absolute Gasteiger partial charge is 0.381 e. The third-order valence-corrected chi connectivity index (χ3v) is 4.08. The minimum absolute atomic E-state index is 0.289. The molecule has 20 heavy (non-hydrogen) atoms. The van der Waals surface area contributed by atoms with Gasteiger partial charge in [-0.05, 0) is 31.4 Å². The Morgan fingerprint density at radius 2 is 2.10 bits per heavy atom. The van der Waals surface area contributed by atoms with E-state index in [1.165, 1.54) is 0 Å². The van der Waals surface area contributed by atoms with Crippen LogP contribution in [0, 0.1) is 12.7 Å². The summed E-state index contributed by atoms with van der Waals surface area (Å²) < 4.78 is 21.8. The van der Waals surface area contributed by atoms with E-state index in [4.69, 9.17) is 16.3 Å². The first-order valence-corrected chi connectivity index (χ1v) is 7.12. The van der Waals surface area contributed by atoms with Gasteiger partial charge in [0.1, 0.15) is 11.6 Å². The number of benzene rings is 1. The lowest BCUT2D eigenvalue weighted by Gasteiger charge is -2.25. The lowest BCUT2D eigenvalue weighted by Crippen LogP contribution is -2.20. The number of halogens is 2. The Balaban J connectivity index is 2.07. The molecule has 1 aliphatic rings. The van der Waals surface area contributed by atoms with Crippen LogP contribution >= 0.6 is 11.6 Å². The minimum Gasteiger partial charge on any atom is -0.381 e. The fourth-order valence-electron chi connectivity index (χ4n) is 2.63. The topological polar surface area (TPSA) is 27.1 Å². The molecule has 0 atom stereocenters. The Hall–Kier alpha value is -1.39. The molecule has 3 rings (SSSR count). The van der Waals surface area contributed by atoms with Gasteiger partial charge in [-0.15, -0.1) is 0 Å². The maximum atomic E-state index is 14.4. The van der Waals surface area contributed by atoms with Crippen molar-refractivity contribution in [3.05, 3.63) is 40.9 Å². The van der Waals surface area contributed by atoms with E-state index in [-0.39, 0.29) is 11.9 Å². The molecule has 3 nitrogen and oxygen atoms in total. The molecule has 2 heterocycles. The Kier molecular flexibility index (Phi) is 3.76. The van der Waals surface area contributed by atoms with Crippen molar-refractivity contribution in [3.8, 4) is 11.4 Å². The number of hydrogen-bond acceptors (Lipinski definition) is 2. The van der Waals surface area contributed by atoms with E-state index in [1.807, 2.05) is 10.8 Å². The molecular formula is C15H16ClFN2O. The van der Waals surface area contributed by atoms with Crippen LogP contribution in [0.4, 0.5) is 4.39 Å². The second-order valence-corrected chi connectivity index (χ2v) is 5.46. The van der Waals surface area contributed by atoms with E-state index in [9.17, 15) is 4.39 Å². The first kappa shape index (κ1) is 13.6. The summed E-state index contributed by atoms with van der Waals surface area (Å²) in [6.45, 7) is 3.19. The molecule has 0 radical (unpaired) electrons. The van der Waals surface area contributed by atoms with Crippen LogP contribution in [0.5, 0.6) is 0 Å². The van der Waals surface area contributed by atoms with Gasteiger partial charge in [0.2, 0.25) is 0 Å². The number of nitrogens with zero attached hydrogens (tertiary/aromatic N) is 2. The first-order chi connectivity index (χ1) is 9.68. The molecule has 0 bridgehead atoms.